The monoisotopic (exact) mass is 338 g/mol. The van der Waals surface area contributed by atoms with E-state index in [0.29, 0.717) is 24.0 Å². The van der Waals surface area contributed by atoms with Crippen molar-refractivity contribution >= 4 is 11.7 Å². The summed E-state index contributed by atoms with van der Waals surface area (Å²) in [5.74, 6) is 2.00. The van der Waals surface area contributed by atoms with Gasteiger partial charge in [0.05, 0.1) is 0 Å². The van der Waals surface area contributed by atoms with Gasteiger partial charge in [-0.3, -0.25) is 4.79 Å². The number of amides is 1. The Morgan fingerprint density at radius 3 is 2.88 bits per heavy atom. The molecule has 1 aromatic carbocycles. The summed E-state index contributed by atoms with van der Waals surface area (Å²) < 4.78 is 0. The van der Waals surface area contributed by atoms with Gasteiger partial charge >= 0.3 is 0 Å². The van der Waals surface area contributed by atoms with Crippen molar-refractivity contribution in [2.75, 3.05) is 18.0 Å². The van der Waals surface area contributed by atoms with Crippen LogP contribution in [0.4, 0.5) is 5.82 Å². The van der Waals surface area contributed by atoms with Gasteiger partial charge in [0.25, 0.3) is 5.91 Å². The Morgan fingerprint density at radius 1 is 1.28 bits per heavy atom. The normalized spacial score (nSPS) is 17.4. The van der Waals surface area contributed by atoms with Crippen LogP contribution in [0, 0.1) is 19.8 Å². The minimum Gasteiger partial charge on any atom is -0.356 e. The first-order valence-corrected chi connectivity index (χ1v) is 8.95. The fraction of sp³-hybridized carbons (Fsp3) is 0.450. The molecule has 5 heteroatoms. The number of aryl methyl sites for hydroxylation is 2. The van der Waals surface area contributed by atoms with E-state index in [4.69, 9.17) is 0 Å². The summed E-state index contributed by atoms with van der Waals surface area (Å²) >= 11 is 0. The van der Waals surface area contributed by atoms with Crippen LogP contribution in [-0.4, -0.2) is 29.0 Å². The maximum absolute atomic E-state index is 12.5. The van der Waals surface area contributed by atoms with Crippen LogP contribution in [0.1, 0.15) is 47.2 Å². The summed E-state index contributed by atoms with van der Waals surface area (Å²) in [6.45, 7) is 8.63. The molecule has 0 bridgehead atoms. The summed E-state index contributed by atoms with van der Waals surface area (Å²) in [5.41, 5.74) is 2.71. The molecule has 0 spiro atoms. The van der Waals surface area contributed by atoms with Crippen molar-refractivity contribution in [1.82, 2.24) is 15.3 Å². The molecule has 1 atom stereocenters. The van der Waals surface area contributed by atoms with Crippen LogP contribution in [0.5, 0.6) is 0 Å². The van der Waals surface area contributed by atoms with Crippen LogP contribution in [0.15, 0.2) is 30.3 Å². The smallest absolute Gasteiger partial charge is 0.270 e. The highest BCUT2D eigenvalue weighted by atomic mass is 16.1. The number of benzene rings is 1. The molecule has 1 saturated heterocycles. The molecule has 3 rings (SSSR count). The van der Waals surface area contributed by atoms with Crippen LogP contribution >= 0.6 is 0 Å². The van der Waals surface area contributed by atoms with Crippen molar-refractivity contribution in [1.29, 1.82) is 0 Å². The van der Waals surface area contributed by atoms with E-state index in [2.05, 4.69) is 33.2 Å². The molecule has 1 N–H and O–H groups in total. The largest absolute Gasteiger partial charge is 0.356 e. The van der Waals surface area contributed by atoms with E-state index < -0.39 is 0 Å². The molecular formula is C20H26N4O. The minimum atomic E-state index is -0.154. The highest BCUT2D eigenvalue weighted by Gasteiger charge is 2.20. The molecule has 25 heavy (non-hydrogen) atoms. The van der Waals surface area contributed by atoms with E-state index in [0.717, 1.165) is 24.5 Å². The summed E-state index contributed by atoms with van der Waals surface area (Å²) in [4.78, 5) is 23.7. The van der Waals surface area contributed by atoms with Crippen LogP contribution in [-0.2, 0) is 6.54 Å². The first-order chi connectivity index (χ1) is 12.0. The Labute approximate surface area is 149 Å². The van der Waals surface area contributed by atoms with Gasteiger partial charge in [0.2, 0.25) is 0 Å². The van der Waals surface area contributed by atoms with E-state index in [-0.39, 0.29) is 5.91 Å². The second-order valence-electron chi connectivity index (χ2n) is 7.02. The van der Waals surface area contributed by atoms with Crippen LogP contribution < -0.4 is 10.2 Å². The zero-order valence-electron chi connectivity index (χ0n) is 15.2. The fourth-order valence-electron chi connectivity index (χ4n) is 3.32. The number of aromatic nitrogens is 2. The third kappa shape index (κ3) is 4.56. The number of piperidine rings is 1. The standard InChI is InChI=1S/C20H26N4O/c1-14-6-4-8-17(10-14)12-21-20(25)18-11-19(23-16(3)22-18)24-9-5-7-15(2)13-24/h4,6,8,10-11,15H,5,7,9,12-13H2,1-3H3,(H,21,25). The van der Waals surface area contributed by atoms with E-state index in [1.54, 1.807) is 0 Å². The number of hydrogen-bond donors (Lipinski definition) is 1. The van der Waals surface area contributed by atoms with E-state index >= 15 is 0 Å². The topological polar surface area (TPSA) is 58.1 Å². The average Bonchev–Trinajstić information content (AvgIpc) is 2.59. The Kier molecular flexibility index (Phi) is 5.31. The van der Waals surface area contributed by atoms with Gasteiger partial charge in [-0.1, -0.05) is 36.8 Å². The molecule has 0 radical (unpaired) electrons. The van der Waals surface area contributed by atoms with Crippen LogP contribution in [0.2, 0.25) is 0 Å². The predicted molar refractivity (Wildman–Crippen MR) is 99.7 cm³/mol. The summed E-state index contributed by atoms with van der Waals surface area (Å²) in [7, 11) is 0. The van der Waals surface area contributed by atoms with Gasteiger partial charge < -0.3 is 10.2 Å². The number of nitrogens with one attached hydrogen (secondary N) is 1. The molecule has 0 aliphatic carbocycles. The van der Waals surface area contributed by atoms with Gasteiger partial charge in [0, 0.05) is 25.7 Å². The molecule has 1 unspecified atom stereocenters. The van der Waals surface area contributed by atoms with E-state index in [1.165, 1.54) is 18.4 Å². The molecule has 1 aliphatic heterocycles. The molecule has 1 fully saturated rings. The number of rotatable bonds is 4. The molecule has 2 aromatic rings. The predicted octanol–water partition coefficient (Wildman–Crippen LogP) is 3.26. The van der Waals surface area contributed by atoms with Gasteiger partial charge in [0.1, 0.15) is 17.3 Å². The second kappa shape index (κ2) is 7.64. The lowest BCUT2D eigenvalue weighted by molar-refractivity contribution is 0.0945. The van der Waals surface area contributed by atoms with Crippen LogP contribution in [0.25, 0.3) is 0 Å². The SMILES string of the molecule is Cc1cccc(CNC(=O)c2cc(N3CCCC(C)C3)nc(C)n2)c1. The Hall–Kier alpha value is -2.43. The maximum atomic E-state index is 12.5. The lowest BCUT2D eigenvalue weighted by Gasteiger charge is -2.32. The zero-order valence-corrected chi connectivity index (χ0v) is 15.2. The maximum Gasteiger partial charge on any atom is 0.270 e. The van der Waals surface area contributed by atoms with E-state index in [1.807, 2.05) is 38.1 Å². The van der Waals surface area contributed by atoms with Gasteiger partial charge in [-0.25, -0.2) is 9.97 Å². The zero-order chi connectivity index (χ0) is 17.8. The highest BCUT2D eigenvalue weighted by Crippen LogP contribution is 2.21. The molecule has 132 valence electrons. The highest BCUT2D eigenvalue weighted by molar-refractivity contribution is 5.92. The molecule has 0 saturated carbocycles. The Balaban J connectivity index is 1.71. The molecule has 2 heterocycles. The number of carbonyl (C=O) groups is 1. The van der Waals surface area contributed by atoms with Crippen molar-refractivity contribution in [2.45, 2.75) is 40.2 Å². The first-order valence-electron chi connectivity index (χ1n) is 8.95. The van der Waals surface area contributed by atoms with Gasteiger partial charge in [0.15, 0.2) is 0 Å². The van der Waals surface area contributed by atoms with Gasteiger partial charge in [-0.2, -0.15) is 0 Å². The Morgan fingerprint density at radius 2 is 2.12 bits per heavy atom. The summed E-state index contributed by atoms with van der Waals surface area (Å²) in [6, 6.07) is 9.95. The first kappa shape index (κ1) is 17.4. The van der Waals surface area contributed by atoms with Gasteiger partial charge in [-0.05, 0) is 38.2 Å². The third-order valence-electron chi connectivity index (χ3n) is 4.57. The molecule has 1 amide bonds. The minimum absolute atomic E-state index is 0.154. The quantitative estimate of drug-likeness (QED) is 0.929. The van der Waals surface area contributed by atoms with E-state index in [9.17, 15) is 4.79 Å². The van der Waals surface area contributed by atoms with Crippen molar-refractivity contribution in [2.24, 2.45) is 5.92 Å². The molecule has 1 aliphatic rings. The molecular weight excluding hydrogens is 312 g/mol. The summed E-state index contributed by atoms with van der Waals surface area (Å²) in [6.07, 6.45) is 2.42. The average molecular weight is 338 g/mol. The number of hydrogen-bond acceptors (Lipinski definition) is 4. The van der Waals surface area contributed by atoms with Crippen LogP contribution in [0.3, 0.4) is 0 Å². The number of carbonyl (C=O) groups excluding carboxylic acids is 1. The molecule has 1 aromatic heterocycles. The third-order valence-corrected chi connectivity index (χ3v) is 4.57. The number of anilines is 1. The molecule has 5 nitrogen and oxygen atoms in total. The lowest BCUT2D eigenvalue weighted by atomic mass is 10.0. The van der Waals surface area contributed by atoms with Crippen molar-refractivity contribution in [3.8, 4) is 0 Å². The summed E-state index contributed by atoms with van der Waals surface area (Å²) in [5, 5.41) is 2.96. The second-order valence-corrected chi connectivity index (χ2v) is 7.02. The lowest BCUT2D eigenvalue weighted by Crippen LogP contribution is -2.35. The Bertz CT molecular complexity index is 759. The van der Waals surface area contributed by atoms with Crippen molar-refractivity contribution < 1.29 is 4.79 Å². The van der Waals surface area contributed by atoms with Crippen molar-refractivity contribution in [3.05, 3.63) is 53.0 Å². The van der Waals surface area contributed by atoms with Crippen molar-refractivity contribution in [3.63, 3.8) is 0 Å². The van der Waals surface area contributed by atoms with Gasteiger partial charge in [-0.15, -0.1) is 0 Å². The number of nitrogens with zero attached hydrogens (tertiary/aromatic N) is 3. The fourth-order valence-corrected chi connectivity index (χ4v) is 3.32.